The Kier molecular flexibility index (Phi) is 4.11. The molecule has 5 N–H and O–H groups in total. The molecular formula is C7H10INO3. The smallest absolute Gasteiger partial charge is 0.200 e. The van der Waals surface area contributed by atoms with Gasteiger partial charge in [0.15, 0.2) is 11.5 Å². The summed E-state index contributed by atoms with van der Waals surface area (Å²) in [5.41, 5.74) is 5.62. The second kappa shape index (κ2) is 4.36. The minimum Gasteiger partial charge on any atom is -0.504 e. The van der Waals surface area contributed by atoms with Crippen LogP contribution < -0.4 is 5.73 Å². The van der Waals surface area contributed by atoms with Gasteiger partial charge < -0.3 is 21.1 Å². The molecule has 0 saturated carbocycles. The van der Waals surface area contributed by atoms with Crippen LogP contribution in [0.15, 0.2) is 12.1 Å². The van der Waals surface area contributed by atoms with Crippen molar-refractivity contribution in [3.63, 3.8) is 0 Å². The van der Waals surface area contributed by atoms with E-state index in [9.17, 15) is 0 Å². The van der Waals surface area contributed by atoms with Crippen molar-refractivity contribution < 1.29 is 15.3 Å². The molecule has 1 aromatic carbocycles. The van der Waals surface area contributed by atoms with E-state index in [1.165, 1.54) is 12.1 Å². The highest BCUT2D eigenvalue weighted by Gasteiger charge is 2.08. The van der Waals surface area contributed by atoms with Gasteiger partial charge in [-0.25, -0.2) is 0 Å². The molecule has 0 heterocycles. The maximum Gasteiger partial charge on any atom is 0.200 e. The Morgan fingerprint density at radius 3 is 2.17 bits per heavy atom. The highest BCUT2D eigenvalue weighted by atomic mass is 127. The number of phenolic OH excluding ortho intramolecular Hbond substituents is 3. The first-order valence-corrected chi connectivity index (χ1v) is 3.09. The zero-order valence-electron chi connectivity index (χ0n) is 6.19. The van der Waals surface area contributed by atoms with Crippen LogP contribution in [0.5, 0.6) is 17.2 Å². The molecule has 1 aromatic rings. The molecule has 0 aliphatic rings. The lowest BCUT2D eigenvalue weighted by Crippen LogP contribution is -1.96. The second-order valence-corrected chi connectivity index (χ2v) is 2.15. The van der Waals surface area contributed by atoms with Gasteiger partial charge in [-0.2, -0.15) is 0 Å². The van der Waals surface area contributed by atoms with Crippen molar-refractivity contribution in [3.8, 4) is 17.2 Å². The monoisotopic (exact) mass is 283 g/mol. The van der Waals surface area contributed by atoms with Crippen LogP contribution in [0.4, 0.5) is 0 Å². The van der Waals surface area contributed by atoms with E-state index in [4.69, 9.17) is 21.1 Å². The topological polar surface area (TPSA) is 86.7 Å². The summed E-state index contributed by atoms with van der Waals surface area (Å²) in [5, 5.41) is 26.9. The number of rotatable bonds is 1. The lowest BCUT2D eigenvalue weighted by Gasteiger charge is -2.04. The van der Waals surface area contributed by atoms with Crippen molar-refractivity contribution in [2.75, 3.05) is 0 Å². The van der Waals surface area contributed by atoms with Gasteiger partial charge >= 0.3 is 0 Å². The predicted octanol–water partition coefficient (Wildman–Crippen LogP) is 0.880. The van der Waals surface area contributed by atoms with Crippen molar-refractivity contribution in [1.82, 2.24) is 0 Å². The van der Waals surface area contributed by atoms with Gasteiger partial charge in [-0.1, -0.05) is 6.07 Å². The molecule has 0 bridgehead atoms. The minimum absolute atomic E-state index is 0. The van der Waals surface area contributed by atoms with Crippen molar-refractivity contribution in [1.29, 1.82) is 0 Å². The Balaban J connectivity index is 0.00000121. The predicted molar refractivity (Wildman–Crippen MR) is 54.7 cm³/mol. The van der Waals surface area contributed by atoms with Crippen LogP contribution >= 0.6 is 24.0 Å². The van der Waals surface area contributed by atoms with E-state index in [1.54, 1.807) is 0 Å². The minimum atomic E-state index is -0.520. The van der Waals surface area contributed by atoms with Gasteiger partial charge in [-0.15, -0.1) is 24.0 Å². The average molecular weight is 283 g/mol. The van der Waals surface area contributed by atoms with Gasteiger partial charge in [-0.05, 0) is 6.07 Å². The lowest BCUT2D eigenvalue weighted by molar-refractivity contribution is 0.365. The third-order valence-electron chi connectivity index (χ3n) is 1.43. The number of aromatic hydroxyl groups is 3. The van der Waals surface area contributed by atoms with Crippen LogP contribution in [0.25, 0.3) is 0 Å². The number of phenols is 3. The molecule has 0 radical (unpaired) electrons. The summed E-state index contributed by atoms with van der Waals surface area (Å²) in [6.07, 6.45) is 0. The summed E-state index contributed by atoms with van der Waals surface area (Å²) in [7, 11) is 0. The molecule has 0 aromatic heterocycles. The van der Waals surface area contributed by atoms with E-state index in [0.29, 0.717) is 5.56 Å². The molecule has 0 aliphatic heterocycles. The molecule has 0 aliphatic carbocycles. The average Bonchev–Trinajstić information content (AvgIpc) is 2.01. The van der Waals surface area contributed by atoms with Crippen LogP contribution in [0, 0.1) is 0 Å². The highest BCUT2D eigenvalue weighted by molar-refractivity contribution is 14.0. The SMILES string of the molecule is I.NCc1ccc(O)c(O)c1O. The third-order valence-corrected chi connectivity index (χ3v) is 1.43. The summed E-state index contributed by atoms with van der Waals surface area (Å²) >= 11 is 0. The van der Waals surface area contributed by atoms with Crippen LogP contribution in [0.1, 0.15) is 5.56 Å². The summed E-state index contributed by atoms with van der Waals surface area (Å²) in [6.45, 7) is 0.125. The molecule has 0 unspecified atom stereocenters. The number of nitrogens with two attached hydrogens (primary N) is 1. The Hall–Kier alpha value is -0.690. The van der Waals surface area contributed by atoms with E-state index in [2.05, 4.69) is 0 Å². The molecule has 5 heteroatoms. The Morgan fingerprint density at radius 2 is 1.67 bits per heavy atom. The highest BCUT2D eigenvalue weighted by Crippen LogP contribution is 2.36. The summed E-state index contributed by atoms with van der Waals surface area (Å²) in [5.74, 6) is -1.22. The van der Waals surface area contributed by atoms with Gasteiger partial charge in [0.05, 0.1) is 0 Å². The van der Waals surface area contributed by atoms with E-state index >= 15 is 0 Å². The van der Waals surface area contributed by atoms with Gasteiger partial charge in [0, 0.05) is 12.1 Å². The molecule has 0 spiro atoms. The van der Waals surface area contributed by atoms with Crippen LogP contribution in [0.3, 0.4) is 0 Å². The largest absolute Gasteiger partial charge is 0.504 e. The molecule has 12 heavy (non-hydrogen) atoms. The normalized spacial score (nSPS) is 9.08. The van der Waals surface area contributed by atoms with Crippen molar-refractivity contribution in [2.24, 2.45) is 5.73 Å². The van der Waals surface area contributed by atoms with Crippen molar-refractivity contribution in [2.45, 2.75) is 6.54 Å². The Bertz CT molecular complexity index is 278. The molecule has 0 amide bonds. The van der Waals surface area contributed by atoms with E-state index in [-0.39, 0.29) is 42.0 Å². The maximum atomic E-state index is 9.09. The fourth-order valence-corrected chi connectivity index (χ4v) is 0.776. The number of hydrogen-bond donors (Lipinski definition) is 4. The molecule has 4 nitrogen and oxygen atoms in total. The van der Waals surface area contributed by atoms with Crippen LogP contribution in [-0.2, 0) is 6.54 Å². The first-order chi connectivity index (χ1) is 5.16. The van der Waals surface area contributed by atoms with Gasteiger partial charge in [0.25, 0.3) is 0 Å². The lowest BCUT2D eigenvalue weighted by atomic mass is 10.2. The molecule has 0 atom stereocenters. The fraction of sp³-hybridized carbons (Fsp3) is 0.143. The molecule has 0 saturated heterocycles. The second-order valence-electron chi connectivity index (χ2n) is 2.15. The first-order valence-electron chi connectivity index (χ1n) is 3.09. The standard InChI is InChI=1S/C7H9NO3.HI/c8-3-4-1-2-5(9)7(11)6(4)10;/h1-2,9-11H,3,8H2;1H. The zero-order valence-corrected chi connectivity index (χ0v) is 8.52. The summed E-state index contributed by atoms with van der Waals surface area (Å²) in [6, 6.07) is 2.72. The number of halogens is 1. The number of benzene rings is 1. The van der Waals surface area contributed by atoms with E-state index < -0.39 is 5.75 Å². The molecule has 68 valence electrons. The Labute approximate surface area is 86.7 Å². The van der Waals surface area contributed by atoms with E-state index in [1.807, 2.05) is 0 Å². The zero-order chi connectivity index (χ0) is 8.43. The van der Waals surface area contributed by atoms with Gasteiger partial charge in [0.2, 0.25) is 5.75 Å². The third kappa shape index (κ3) is 1.92. The van der Waals surface area contributed by atoms with Gasteiger partial charge in [0.1, 0.15) is 0 Å². The molecule has 0 fully saturated rings. The molecule has 1 rings (SSSR count). The van der Waals surface area contributed by atoms with Crippen LogP contribution in [0.2, 0.25) is 0 Å². The maximum absolute atomic E-state index is 9.09. The van der Waals surface area contributed by atoms with Crippen molar-refractivity contribution in [3.05, 3.63) is 17.7 Å². The quantitative estimate of drug-likeness (QED) is 0.455. The Morgan fingerprint density at radius 1 is 1.08 bits per heavy atom. The summed E-state index contributed by atoms with van der Waals surface area (Å²) in [4.78, 5) is 0. The van der Waals surface area contributed by atoms with Crippen LogP contribution in [-0.4, -0.2) is 15.3 Å². The fourth-order valence-electron chi connectivity index (χ4n) is 0.776. The van der Waals surface area contributed by atoms with Gasteiger partial charge in [-0.3, -0.25) is 0 Å². The molecular weight excluding hydrogens is 273 g/mol. The first kappa shape index (κ1) is 11.3. The number of hydrogen-bond acceptors (Lipinski definition) is 4. The summed E-state index contributed by atoms with van der Waals surface area (Å²) < 4.78 is 0. The van der Waals surface area contributed by atoms with Crippen molar-refractivity contribution >= 4 is 24.0 Å². The van der Waals surface area contributed by atoms with E-state index in [0.717, 1.165) is 0 Å².